The van der Waals surface area contributed by atoms with Crippen LogP contribution < -0.4 is 0 Å². The molecule has 0 unspecified atom stereocenters. The first-order chi connectivity index (χ1) is 10.3. The summed E-state index contributed by atoms with van der Waals surface area (Å²) in [5.74, 6) is -0.329. The fourth-order valence-corrected chi connectivity index (χ4v) is 2.43. The first kappa shape index (κ1) is 13.8. The molecule has 0 aliphatic carbocycles. The molecule has 1 aliphatic rings. The number of hydrogen-bond acceptors (Lipinski definition) is 4. The van der Waals surface area contributed by atoms with E-state index in [1.165, 1.54) is 7.11 Å². The molecule has 108 valence electrons. The van der Waals surface area contributed by atoms with Crippen LogP contribution in [0.15, 0.2) is 42.5 Å². The Bertz CT molecular complexity index is 684. The van der Waals surface area contributed by atoms with Crippen molar-refractivity contribution in [2.45, 2.75) is 6.29 Å². The van der Waals surface area contributed by atoms with Crippen LogP contribution in [0.1, 0.15) is 15.9 Å². The molecule has 0 bridgehead atoms. The Hall–Kier alpha value is -2.17. The normalized spacial score (nSPS) is 15.9. The molecular weight excluding hydrogens is 268 g/mol. The van der Waals surface area contributed by atoms with Crippen LogP contribution in [-0.2, 0) is 14.2 Å². The van der Waals surface area contributed by atoms with E-state index in [0.29, 0.717) is 18.8 Å². The molecular formula is C17H16O4. The lowest BCUT2D eigenvalue weighted by atomic mass is 9.99. The Balaban J connectivity index is 2.02. The zero-order valence-corrected chi connectivity index (χ0v) is 11.7. The molecule has 1 heterocycles. The monoisotopic (exact) mass is 284 g/mol. The first-order valence-electron chi connectivity index (χ1n) is 6.81. The summed E-state index contributed by atoms with van der Waals surface area (Å²) in [5.41, 5.74) is 1.58. The van der Waals surface area contributed by atoms with Gasteiger partial charge in [0.1, 0.15) is 0 Å². The number of ether oxygens (including phenoxy) is 3. The van der Waals surface area contributed by atoms with Crippen molar-refractivity contribution in [3.05, 3.63) is 53.6 Å². The van der Waals surface area contributed by atoms with Crippen molar-refractivity contribution in [2.24, 2.45) is 0 Å². The van der Waals surface area contributed by atoms with E-state index in [1.54, 1.807) is 6.07 Å². The van der Waals surface area contributed by atoms with Crippen molar-refractivity contribution in [2.75, 3.05) is 20.3 Å². The largest absolute Gasteiger partial charge is 0.465 e. The number of methoxy groups -OCH3 is 1. The van der Waals surface area contributed by atoms with Gasteiger partial charge in [0.2, 0.25) is 0 Å². The first-order valence-corrected chi connectivity index (χ1v) is 6.81. The minimum Gasteiger partial charge on any atom is -0.465 e. The summed E-state index contributed by atoms with van der Waals surface area (Å²) >= 11 is 0. The van der Waals surface area contributed by atoms with Gasteiger partial charge in [-0.25, -0.2) is 4.79 Å². The highest BCUT2D eigenvalue weighted by Gasteiger charge is 2.13. The van der Waals surface area contributed by atoms with Crippen LogP contribution in [0.5, 0.6) is 0 Å². The molecule has 4 nitrogen and oxygen atoms in total. The second-order valence-corrected chi connectivity index (χ2v) is 4.71. The fourth-order valence-electron chi connectivity index (χ4n) is 2.43. The minimum absolute atomic E-state index is 0.288. The van der Waals surface area contributed by atoms with Gasteiger partial charge in [-0.1, -0.05) is 36.4 Å². The molecule has 1 saturated heterocycles. The summed E-state index contributed by atoms with van der Waals surface area (Å²) in [5, 5.41) is 1.87. The van der Waals surface area contributed by atoms with E-state index < -0.39 is 0 Å². The van der Waals surface area contributed by atoms with Crippen LogP contribution in [0.4, 0.5) is 0 Å². The lowest BCUT2D eigenvalue weighted by molar-refractivity contribution is -0.000908. The molecule has 21 heavy (non-hydrogen) atoms. The Labute approximate surface area is 122 Å². The number of rotatable bonds is 3. The Morgan fingerprint density at radius 2 is 1.86 bits per heavy atom. The standard InChI is InChI=1S/C17H16O4/c1-19-17(18)15-8-6-12(7-9-16-20-10-11-21-16)13-4-2-3-5-14(13)15/h2-9,16H,10-11H2,1H3/b9-7+. The van der Waals surface area contributed by atoms with Crippen molar-refractivity contribution < 1.29 is 19.0 Å². The van der Waals surface area contributed by atoms with Crippen LogP contribution in [0.25, 0.3) is 16.8 Å². The molecule has 1 aliphatic heterocycles. The maximum Gasteiger partial charge on any atom is 0.338 e. The number of esters is 1. The van der Waals surface area contributed by atoms with Crippen LogP contribution in [0, 0.1) is 0 Å². The molecule has 0 radical (unpaired) electrons. The van der Waals surface area contributed by atoms with Crippen molar-refractivity contribution in [3.63, 3.8) is 0 Å². The van der Waals surface area contributed by atoms with E-state index in [2.05, 4.69) is 0 Å². The molecule has 0 saturated carbocycles. The highest BCUT2D eigenvalue weighted by molar-refractivity contribution is 6.06. The Kier molecular flexibility index (Phi) is 3.99. The van der Waals surface area contributed by atoms with Crippen LogP contribution >= 0.6 is 0 Å². The zero-order chi connectivity index (χ0) is 14.7. The summed E-state index contributed by atoms with van der Waals surface area (Å²) in [7, 11) is 1.39. The summed E-state index contributed by atoms with van der Waals surface area (Å²) in [6.07, 6.45) is 3.55. The third-order valence-corrected chi connectivity index (χ3v) is 3.44. The van der Waals surface area contributed by atoms with Gasteiger partial charge in [0.25, 0.3) is 0 Å². The molecule has 4 heteroatoms. The lowest BCUT2D eigenvalue weighted by Gasteiger charge is -2.08. The van der Waals surface area contributed by atoms with Gasteiger partial charge in [-0.3, -0.25) is 0 Å². The second-order valence-electron chi connectivity index (χ2n) is 4.71. The lowest BCUT2D eigenvalue weighted by Crippen LogP contribution is -2.03. The number of benzene rings is 2. The smallest absolute Gasteiger partial charge is 0.338 e. The van der Waals surface area contributed by atoms with E-state index in [0.717, 1.165) is 16.3 Å². The number of carbonyl (C=O) groups excluding carboxylic acids is 1. The van der Waals surface area contributed by atoms with E-state index in [-0.39, 0.29) is 12.3 Å². The van der Waals surface area contributed by atoms with Crippen molar-refractivity contribution in [1.29, 1.82) is 0 Å². The molecule has 0 amide bonds. The number of fused-ring (bicyclic) bond motifs is 1. The molecule has 0 aromatic heterocycles. The Morgan fingerprint density at radius 3 is 2.57 bits per heavy atom. The van der Waals surface area contributed by atoms with Crippen molar-refractivity contribution in [1.82, 2.24) is 0 Å². The quantitative estimate of drug-likeness (QED) is 0.813. The van der Waals surface area contributed by atoms with Gasteiger partial charge >= 0.3 is 5.97 Å². The van der Waals surface area contributed by atoms with Gasteiger partial charge in [0, 0.05) is 0 Å². The van der Waals surface area contributed by atoms with E-state index in [1.807, 2.05) is 42.5 Å². The maximum atomic E-state index is 11.8. The van der Waals surface area contributed by atoms with Crippen molar-refractivity contribution >= 4 is 22.8 Å². The van der Waals surface area contributed by atoms with E-state index >= 15 is 0 Å². The molecule has 2 aromatic carbocycles. The number of hydrogen-bond donors (Lipinski definition) is 0. The molecule has 3 rings (SSSR count). The second kappa shape index (κ2) is 6.08. The topological polar surface area (TPSA) is 44.8 Å². The molecule has 2 aromatic rings. The summed E-state index contributed by atoms with van der Waals surface area (Å²) < 4.78 is 15.6. The average molecular weight is 284 g/mol. The third-order valence-electron chi connectivity index (χ3n) is 3.44. The summed E-state index contributed by atoms with van der Waals surface area (Å²) in [6.45, 7) is 1.24. The van der Waals surface area contributed by atoms with Gasteiger partial charge < -0.3 is 14.2 Å². The third kappa shape index (κ3) is 2.82. The molecule has 0 spiro atoms. The van der Waals surface area contributed by atoms with Gasteiger partial charge in [-0.05, 0) is 28.5 Å². The minimum atomic E-state index is -0.329. The van der Waals surface area contributed by atoms with Crippen LogP contribution in [0.3, 0.4) is 0 Å². The van der Waals surface area contributed by atoms with Crippen LogP contribution in [0.2, 0.25) is 0 Å². The van der Waals surface area contributed by atoms with Gasteiger partial charge in [-0.15, -0.1) is 0 Å². The SMILES string of the molecule is COC(=O)c1ccc(/C=C/C2OCCO2)c2ccccc12. The van der Waals surface area contributed by atoms with E-state index in [4.69, 9.17) is 14.2 Å². The van der Waals surface area contributed by atoms with Crippen molar-refractivity contribution in [3.8, 4) is 0 Å². The molecule has 0 atom stereocenters. The zero-order valence-electron chi connectivity index (χ0n) is 11.7. The predicted molar refractivity (Wildman–Crippen MR) is 80.0 cm³/mol. The van der Waals surface area contributed by atoms with Gasteiger partial charge in [0.05, 0.1) is 25.9 Å². The molecule has 1 fully saturated rings. The average Bonchev–Trinajstić information content (AvgIpc) is 3.05. The fraction of sp³-hybridized carbons (Fsp3) is 0.235. The maximum absolute atomic E-state index is 11.8. The summed E-state index contributed by atoms with van der Waals surface area (Å²) in [4.78, 5) is 11.8. The predicted octanol–water partition coefficient (Wildman–Crippen LogP) is 3.01. The molecule has 0 N–H and O–H groups in total. The number of carbonyl (C=O) groups is 1. The van der Waals surface area contributed by atoms with Gasteiger partial charge in [0.15, 0.2) is 6.29 Å². The van der Waals surface area contributed by atoms with E-state index in [9.17, 15) is 4.79 Å². The summed E-state index contributed by atoms with van der Waals surface area (Å²) in [6, 6.07) is 11.4. The Morgan fingerprint density at radius 1 is 1.14 bits per heavy atom. The van der Waals surface area contributed by atoms with Gasteiger partial charge in [-0.2, -0.15) is 0 Å². The highest BCUT2D eigenvalue weighted by atomic mass is 16.7. The highest BCUT2D eigenvalue weighted by Crippen LogP contribution is 2.25. The van der Waals surface area contributed by atoms with Crippen LogP contribution in [-0.4, -0.2) is 32.6 Å².